The molecule has 0 aliphatic rings. The summed E-state index contributed by atoms with van der Waals surface area (Å²) < 4.78 is 0. The van der Waals surface area contributed by atoms with Crippen molar-refractivity contribution >= 4 is 0 Å². The van der Waals surface area contributed by atoms with E-state index >= 15 is 0 Å². The summed E-state index contributed by atoms with van der Waals surface area (Å²) in [6.07, 6.45) is 0.781. The van der Waals surface area contributed by atoms with Crippen LogP contribution in [0.1, 0.15) is 34.1 Å². The molecular formula is C11H26N2O. The van der Waals surface area contributed by atoms with Crippen molar-refractivity contribution in [3.05, 3.63) is 0 Å². The molecule has 0 aromatic carbocycles. The minimum atomic E-state index is -0.412. The van der Waals surface area contributed by atoms with E-state index in [1.54, 1.807) is 0 Å². The Morgan fingerprint density at radius 1 is 1.36 bits per heavy atom. The summed E-state index contributed by atoms with van der Waals surface area (Å²) in [7, 11) is 0. The van der Waals surface area contributed by atoms with Crippen molar-refractivity contribution < 1.29 is 5.11 Å². The van der Waals surface area contributed by atoms with Gasteiger partial charge in [-0.25, -0.2) is 0 Å². The number of hydrogen-bond acceptors (Lipinski definition) is 3. The van der Waals surface area contributed by atoms with Crippen LogP contribution in [0.4, 0.5) is 0 Å². The van der Waals surface area contributed by atoms with E-state index < -0.39 is 6.10 Å². The smallest absolute Gasteiger partial charge is 0.0786 e. The molecule has 0 aliphatic heterocycles. The zero-order valence-corrected chi connectivity index (χ0v) is 10.0. The Morgan fingerprint density at radius 3 is 2.36 bits per heavy atom. The fourth-order valence-electron chi connectivity index (χ4n) is 1.84. The predicted molar refractivity (Wildman–Crippen MR) is 61.2 cm³/mol. The summed E-state index contributed by atoms with van der Waals surface area (Å²) >= 11 is 0. The van der Waals surface area contributed by atoms with Crippen LogP contribution in [0.3, 0.4) is 0 Å². The van der Waals surface area contributed by atoms with Crippen LogP contribution in [-0.4, -0.2) is 30.8 Å². The van der Waals surface area contributed by atoms with Crippen molar-refractivity contribution in [3.8, 4) is 0 Å². The molecule has 0 aromatic rings. The van der Waals surface area contributed by atoms with Crippen LogP contribution < -0.4 is 11.1 Å². The van der Waals surface area contributed by atoms with Gasteiger partial charge in [-0.1, -0.05) is 27.7 Å². The lowest BCUT2D eigenvalue weighted by atomic mass is 9.84. The van der Waals surface area contributed by atoms with Gasteiger partial charge in [-0.3, -0.25) is 0 Å². The van der Waals surface area contributed by atoms with Crippen molar-refractivity contribution in [2.45, 2.75) is 40.2 Å². The Morgan fingerprint density at radius 2 is 1.93 bits per heavy atom. The van der Waals surface area contributed by atoms with Gasteiger partial charge in [-0.2, -0.15) is 0 Å². The third kappa shape index (κ3) is 7.30. The van der Waals surface area contributed by atoms with E-state index in [1.807, 2.05) is 0 Å². The Hall–Kier alpha value is -0.120. The van der Waals surface area contributed by atoms with E-state index in [0.29, 0.717) is 24.4 Å². The van der Waals surface area contributed by atoms with Crippen molar-refractivity contribution in [3.63, 3.8) is 0 Å². The van der Waals surface area contributed by atoms with Crippen LogP contribution in [0.5, 0.6) is 0 Å². The summed E-state index contributed by atoms with van der Waals surface area (Å²) in [6.45, 7) is 10.8. The van der Waals surface area contributed by atoms with E-state index in [0.717, 1.165) is 6.54 Å². The van der Waals surface area contributed by atoms with Crippen LogP contribution in [-0.2, 0) is 0 Å². The van der Waals surface area contributed by atoms with E-state index in [1.165, 1.54) is 6.42 Å². The molecule has 3 nitrogen and oxygen atoms in total. The zero-order chi connectivity index (χ0) is 11.2. The van der Waals surface area contributed by atoms with Gasteiger partial charge in [0.25, 0.3) is 0 Å². The number of aliphatic hydroxyl groups excluding tert-OH is 1. The van der Waals surface area contributed by atoms with E-state index in [-0.39, 0.29) is 0 Å². The largest absolute Gasteiger partial charge is 0.390 e. The first-order chi connectivity index (χ1) is 6.37. The highest BCUT2D eigenvalue weighted by Crippen LogP contribution is 2.23. The first-order valence-corrected chi connectivity index (χ1v) is 5.46. The molecule has 86 valence electrons. The molecule has 0 spiro atoms. The topological polar surface area (TPSA) is 58.3 Å². The highest BCUT2D eigenvalue weighted by atomic mass is 16.3. The third-order valence-electron chi connectivity index (χ3n) is 2.22. The monoisotopic (exact) mass is 202 g/mol. The van der Waals surface area contributed by atoms with E-state index in [9.17, 15) is 5.11 Å². The van der Waals surface area contributed by atoms with Crippen LogP contribution in [0, 0.1) is 11.3 Å². The van der Waals surface area contributed by atoms with Gasteiger partial charge in [0, 0.05) is 19.6 Å². The summed E-state index contributed by atoms with van der Waals surface area (Å²) in [5.41, 5.74) is 5.61. The second kappa shape index (κ2) is 6.38. The van der Waals surface area contributed by atoms with Gasteiger partial charge in [-0.15, -0.1) is 0 Å². The average molecular weight is 202 g/mol. The summed E-state index contributed by atoms with van der Waals surface area (Å²) in [4.78, 5) is 0. The van der Waals surface area contributed by atoms with Crippen molar-refractivity contribution in [2.75, 3.05) is 19.6 Å². The maximum absolute atomic E-state index is 9.25. The summed E-state index contributed by atoms with van der Waals surface area (Å²) in [5.74, 6) is 0.714. The van der Waals surface area contributed by atoms with Gasteiger partial charge in [0.15, 0.2) is 0 Å². The number of hydrogen-bond donors (Lipinski definition) is 3. The molecule has 0 amide bonds. The molecule has 0 rings (SSSR count). The van der Waals surface area contributed by atoms with Gasteiger partial charge in [0.2, 0.25) is 0 Å². The number of nitrogens with two attached hydrogens (primary N) is 1. The highest BCUT2D eigenvalue weighted by Gasteiger charge is 2.18. The van der Waals surface area contributed by atoms with Gasteiger partial charge in [0.05, 0.1) is 6.10 Å². The maximum atomic E-state index is 9.25. The minimum Gasteiger partial charge on any atom is -0.390 e. The number of aliphatic hydroxyl groups is 1. The van der Waals surface area contributed by atoms with Crippen LogP contribution >= 0.6 is 0 Å². The second-order valence-electron chi connectivity index (χ2n) is 5.28. The number of rotatable bonds is 7. The molecule has 0 radical (unpaired) electrons. The lowest BCUT2D eigenvalue weighted by molar-refractivity contribution is 0.170. The fraction of sp³-hybridized carbons (Fsp3) is 1.00. The molecule has 1 unspecified atom stereocenters. The molecule has 0 saturated heterocycles. The quantitative estimate of drug-likeness (QED) is 0.576. The third-order valence-corrected chi connectivity index (χ3v) is 2.22. The molecule has 0 bridgehead atoms. The minimum absolute atomic E-state index is 0.294. The average Bonchev–Trinajstić information content (AvgIpc) is 2.01. The molecule has 0 saturated carbocycles. The standard InChI is InChI=1S/C11H26N2O/c1-9(2)5-11(3,4)8-13-7-10(14)6-12/h9-10,13-14H,5-8,12H2,1-4H3. The SMILES string of the molecule is CC(C)CC(C)(C)CNCC(O)CN. The molecule has 0 aromatic heterocycles. The Labute approximate surface area is 88.1 Å². The second-order valence-corrected chi connectivity index (χ2v) is 5.28. The molecular weight excluding hydrogens is 176 g/mol. The van der Waals surface area contributed by atoms with Gasteiger partial charge in [0.1, 0.15) is 0 Å². The summed E-state index contributed by atoms with van der Waals surface area (Å²) in [5, 5.41) is 12.5. The fourth-order valence-corrected chi connectivity index (χ4v) is 1.84. The number of nitrogens with one attached hydrogen (secondary N) is 1. The highest BCUT2D eigenvalue weighted by molar-refractivity contribution is 4.74. The molecule has 3 heteroatoms. The molecule has 1 atom stereocenters. The predicted octanol–water partition coefficient (Wildman–Crippen LogP) is 0.968. The lowest BCUT2D eigenvalue weighted by Gasteiger charge is -2.27. The van der Waals surface area contributed by atoms with Gasteiger partial charge in [-0.05, 0) is 17.8 Å². The first-order valence-electron chi connectivity index (χ1n) is 5.46. The lowest BCUT2D eigenvalue weighted by Crippen LogP contribution is -2.38. The van der Waals surface area contributed by atoms with Crippen molar-refractivity contribution in [2.24, 2.45) is 17.1 Å². The van der Waals surface area contributed by atoms with Crippen molar-refractivity contribution in [1.29, 1.82) is 0 Å². The Bertz CT molecular complexity index is 146. The van der Waals surface area contributed by atoms with Gasteiger partial charge < -0.3 is 16.2 Å². The van der Waals surface area contributed by atoms with E-state index in [2.05, 4.69) is 33.0 Å². The van der Waals surface area contributed by atoms with Gasteiger partial charge >= 0.3 is 0 Å². The van der Waals surface area contributed by atoms with Crippen molar-refractivity contribution in [1.82, 2.24) is 5.32 Å². The zero-order valence-electron chi connectivity index (χ0n) is 10.0. The Kier molecular flexibility index (Phi) is 6.33. The Balaban J connectivity index is 3.65. The van der Waals surface area contributed by atoms with Crippen LogP contribution in [0.2, 0.25) is 0 Å². The van der Waals surface area contributed by atoms with Crippen LogP contribution in [0.25, 0.3) is 0 Å². The molecule has 0 aliphatic carbocycles. The molecule has 14 heavy (non-hydrogen) atoms. The van der Waals surface area contributed by atoms with Crippen LogP contribution in [0.15, 0.2) is 0 Å². The molecule has 4 N–H and O–H groups in total. The molecule has 0 heterocycles. The maximum Gasteiger partial charge on any atom is 0.0786 e. The van der Waals surface area contributed by atoms with E-state index in [4.69, 9.17) is 5.73 Å². The summed E-state index contributed by atoms with van der Waals surface area (Å²) in [6, 6.07) is 0. The first kappa shape index (κ1) is 13.9. The molecule has 0 fully saturated rings. The normalized spacial score (nSPS) is 14.8.